The van der Waals surface area contributed by atoms with Gasteiger partial charge in [-0.15, -0.1) is 0 Å². The molecule has 8 rings (SSSR count). The van der Waals surface area contributed by atoms with Crippen LogP contribution in [0.3, 0.4) is 0 Å². The van der Waals surface area contributed by atoms with Crippen LogP contribution in [-0.2, 0) is 54.5 Å². The van der Waals surface area contributed by atoms with E-state index in [9.17, 15) is 38.4 Å². The van der Waals surface area contributed by atoms with Crippen molar-refractivity contribution in [1.29, 1.82) is 0 Å². The number of carbonyl (C=O) groups is 8. The van der Waals surface area contributed by atoms with Crippen molar-refractivity contribution in [3.05, 3.63) is 213 Å². The average Bonchev–Trinajstić information content (AvgIpc) is 3.19. The van der Waals surface area contributed by atoms with Gasteiger partial charge in [-0.05, 0) is 147 Å². The van der Waals surface area contributed by atoms with Gasteiger partial charge in [0.15, 0.2) is 11.6 Å². The number of esters is 2. The normalized spacial score (nSPS) is 15.6. The summed E-state index contributed by atoms with van der Waals surface area (Å²) in [4.78, 5) is 108. The minimum absolute atomic E-state index is 0.0425. The molecule has 2 N–H and O–H groups in total. The first kappa shape index (κ1) is 63.5. The number of piperidine rings is 2. The summed E-state index contributed by atoms with van der Waals surface area (Å²) in [7, 11) is 0. The summed E-state index contributed by atoms with van der Waals surface area (Å²) in [6.07, 6.45) is 11.1. The van der Waals surface area contributed by atoms with Crippen molar-refractivity contribution in [2.75, 3.05) is 19.6 Å². The number of nitrogens with zero attached hydrogens (tertiary/aromatic N) is 2. The molecule has 2 saturated heterocycles. The molecule has 2 aliphatic heterocycles. The predicted octanol–water partition coefficient (Wildman–Crippen LogP) is 12.6. The number of aryl methyl sites for hydroxylation is 3. The number of amides is 4. The summed E-state index contributed by atoms with van der Waals surface area (Å²) in [6.45, 7) is 4.81. The van der Waals surface area contributed by atoms with Crippen LogP contribution in [0.15, 0.2) is 158 Å². The molecule has 0 aromatic heterocycles. The Hall–Kier alpha value is -8.52. The third kappa shape index (κ3) is 19.0. The minimum Gasteiger partial charge on any atom is -0.456 e. The van der Waals surface area contributed by atoms with Crippen LogP contribution in [0.5, 0.6) is 0 Å². The zero-order valence-corrected chi connectivity index (χ0v) is 49.9. The topological polar surface area (TPSA) is 186 Å². The highest BCUT2D eigenvalue weighted by Gasteiger charge is 2.35. The molecule has 14 nitrogen and oxygen atoms in total. The zero-order chi connectivity index (χ0) is 60.6. The van der Waals surface area contributed by atoms with Gasteiger partial charge in [0.2, 0.25) is 11.8 Å². The van der Waals surface area contributed by atoms with Gasteiger partial charge in [0, 0.05) is 75.1 Å². The molecule has 86 heavy (non-hydrogen) atoms. The van der Waals surface area contributed by atoms with E-state index >= 15 is 0 Å². The molecule has 6 aromatic carbocycles. The molecule has 0 bridgehead atoms. The van der Waals surface area contributed by atoms with Crippen molar-refractivity contribution < 1.29 is 47.8 Å². The van der Waals surface area contributed by atoms with Crippen LogP contribution in [0.25, 0.3) is 0 Å². The molecule has 2 heterocycles. The molecule has 0 aliphatic carbocycles. The van der Waals surface area contributed by atoms with Gasteiger partial charge >= 0.3 is 11.9 Å². The molecule has 2 aliphatic rings. The number of hydrogen-bond acceptors (Lipinski definition) is 10. The summed E-state index contributed by atoms with van der Waals surface area (Å²) in [5.74, 6) is -1.56. The van der Waals surface area contributed by atoms with Gasteiger partial charge in [-0.2, -0.15) is 0 Å². The second-order valence-corrected chi connectivity index (χ2v) is 22.8. The van der Waals surface area contributed by atoms with E-state index in [1.807, 2.05) is 109 Å². The molecule has 2 unspecified atom stereocenters. The van der Waals surface area contributed by atoms with E-state index in [0.717, 1.165) is 85.6 Å². The highest BCUT2D eigenvalue weighted by molar-refractivity contribution is 5.97. The summed E-state index contributed by atoms with van der Waals surface area (Å²) >= 11 is 0. The zero-order valence-electron chi connectivity index (χ0n) is 49.9. The molecular formula is C72H82N4O10. The fraction of sp³-hybridized carbons (Fsp3) is 0.389. The SMILES string of the molecule is CC(=O)N1CCCCC1C(=O)O[C@H](CCc1ccccc1)c1cccc(C(=O)CCc2ccc(C(=O)NCCCCCCCC(=O)c3ccc(CNC(=O)c4cccc([C@@H](CCc5ccccc5)OC(=O)C5CCCCN5C(C)=O)c4)cc3)cc2)c1. The third-order valence-corrected chi connectivity index (χ3v) is 16.5. The fourth-order valence-electron chi connectivity index (χ4n) is 11.5. The van der Waals surface area contributed by atoms with Gasteiger partial charge in [0.05, 0.1) is 0 Å². The van der Waals surface area contributed by atoms with Crippen molar-refractivity contribution in [2.45, 2.75) is 160 Å². The maximum Gasteiger partial charge on any atom is 0.329 e. The Balaban J connectivity index is 0.716. The minimum atomic E-state index is -0.631. The number of rotatable bonds is 29. The van der Waals surface area contributed by atoms with Crippen LogP contribution < -0.4 is 10.6 Å². The predicted molar refractivity (Wildman–Crippen MR) is 331 cm³/mol. The quantitative estimate of drug-likeness (QED) is 0.0260. The Labute approximate surface area is 506 Å². The van der Waals surface area contributed by atoms with Crippen molar-refractivity contribution >= 4 is 47.1 Å². The summed E-state index contributed by atoms with van der Waals surface area (Å²) in [6, 6.07) is 47.7. The first-order valence-electron chi connectivity index (χ1n) is 30.8. The van der Waals surface area contributed by atoms with Gasteiger partial charge in [-0.3, -0.25) is 28.8 Å². The van der Waals surface area contributed by atoms with E-state index in [-0.39, 0.29) is 48.2 Å². The Morgan fingerprint density at radius 2 is 0.907 bits per heavy atom. The van der Waals surface area contributed by atoms with Crippen molar-refractivity contribution in [2.24, 2.45) is 0 Å². The summed E-state index contributed by atoms with van der Waals surface area (Å²) < 4.78 is 12.4. The second kappa shape index (κ2) is 32.7. The van der Waals surface area contributed by atoms with Crippen LogP contribution in [0, 0.1) is 0 Å². The first-order valence-corrected chi connectivity index (χ1v) is 30.8. The fourth-order valence-corrected chi connectivity index (χ4v) is 11.5. The Morgan fingerprint density at radius 3 is 1.47 bits per heavy atom. The van der Waals surface area contributed by atoms with E-state index in [4.69, 9.17) is 9.47 Å². The van der Waals surface area contributed by atoms with E-state index in [1.54, 1.807) is 58.3 Å². The number of unbranched alkanes of at least 4 members (excludes halogenated alkanes) is 4. The average molecular weight is 1160 g/mol. The van der Waals surface area contributed by atoms with Gasteiger partial charge in [0.25, 0.3) is 11.8 Å². The molecule has 0 radical (unpaired) electrons. The van der Waals surface area contributed by atoms with Crippen molar-refractivity contribution in [3.8, 4) is 0 Å². The van der Waals surface area contributed by atoms with E-state index in [0.29, 0.717) is 98.8 Å². The van der Waals surface area contributed by atoms with Gasteiger partial charge in [-0.25, -0.2) is 9.59 Å². The lowest BCUT2D eigenvalue weighted by atomic mass is 9.96. The molecule has 6 aromatic rings. The van der Waals surface area contributed by atoms with Crippen molar-refractivity contribution in [1.82, 2.24) is 20.4 Å². The smallest absolute Gasteiger partial charge is 0.329 e. The standard InChI is InChI=1S/C72H82N4O10/c1-51(77)75-46-16-13-28-63(75)71(83)85-67(43-36-53-20-8-6-9-21-53)60-25-18-24-59(48-60)66(80)42-35-55-31-40-58(41-32-55)69(81)73-45-15-5-3-4-12-30-65(79)57-38-33-56(34-39-57)50-74-70(82)62-27-19-26-61(49-62)68(44-37-54-22-10-7-11-23-54)86-72(84)64-29-14-17-47-76(64)52(2)78/h6-11,18-27,31-34,38-41,48-49,63-64,67-68H,3-5,12-17,28-30,35-37,42-47,50H2,1-2H3,(H,73,81)(H,74,82)/t63?,64?,67-,68-/m1/s1. The van der Waals surface area contributed by atoms with Gasteiger partial charge in [0.1, 0.15) is 24.3 Å². The van der Waals surface area contributed by atoms with Crippen LogP contribution >= 0.6 is 0 Å². The summed E-state index contributed by atoms with van der Waals surface area (Å²) in [5, 5.41) is 6.00. The third-order valence-electron chi connectivity index (χ3n) is 16.5. The molecule has 0 spiro atoms. The van der Waals surface area contributed by atoms with Crippen LogP contribution in [0.2, 0.25) is 0 Å². The van der Waals surface area contributed by atoms with E-state index < -0.39 is 36.2 Å². The number of nitrogens with one attached hydrogen (secondary N) is 2. The molecule has 2 fully saturated rings. The van der Waals surface area contributed by atoms with Crippen LogP contribution in [-0.4, -0.2) is 88.7 Å². The summed E-state index contributed by atoms with van der Waals surface area (Å²) in [5.41, 5.74) is 7.55. The van der Waals surface area contributed by atoms with E-state index in [2.05, 4.69) is 10.6 Å². The number of carbonyl (C=O) groups excluding carboxylic acids is 8. The lowest BCUT2D eigenvalue weighted by Gasteiger charge is -2.34. The van der Waals surface area contributed by atoms with E-state index in [1.165, 1.54) is 13.8 Å². The first-order chi connectivity index (χ1) is 41.8. The second-order valence-electron chi connectivity index (χ2n) is 22.8. The Kier molecular flexibility index (Phi) is 24.1. The number of ketones is 2. The monoisotopic (exact) mass is 1160 g/mol. The molecule has 4 atom stereocenters. The molecule has 0 saturated carbocycles. The van der Waals surface area contributed by atoms with Gasteiger partial charge in [-0.1, -0.05) is 147 Å². The lowest BCUT2D eigenvalue weighted by molar-refractivity contribution is -0.162. The molecular weight excluding hydrogens is 1080 g/mol. The lowest BCUT2D eigenvalue weighted by Crippen LogP contribution is -2.48. The number of Topliss-reactive ketones (excluding diaryl/α,β-unsaturated/α-hetero) is 2. The number of likely N-dealkylation sites (tertiary alicyclic amines) is 2. The largest absolute Gasteiger partial charge is 0.456 e. The van der Waals surface area contributed by atoms with Crippen molar-refractivity contribution in [3.63, 3.8) is 0 Å². The van der Waals surface area contributed by atoms with Gasteiger partial charge < -0.3 is 29.9 Å². The number of benzene rings is 6. The van der Waals surface area contributed by atoms with Crippen LogP contribution in [0.1, 0.15) is 197 Å². The Bertz CT molecular complexity index is 3020. The maximum absolute atomic E-state index is 13.6. The molecule has 450 valence electrons. The van der Waals surface area contributed by atoms with Crippen LogP contribution in [0.4, 0.5) is 0 Å². The Morgan fingerprint density at radius 1 is 0.442 bits per heavy atom. The highest BCUT2D eigenvalue weighted by atomic mass is 16.5. The molecule has 14 heteroatoms. The number of ether oxygens (including phenoxy) is 2. The maximum atomic E-state index is 13.6. The highest BCUT2D eigenvalue weighted by Crippen LogP contribution is 2.30. The molecule has 4 amide bonds. The number of hydrogen-bond donors (Lipinski definition) is 2.